The molecule has 2 saturated heterocycles. The van der Waals surface area contributed by atoms with Gasteiger partial charge in [-0.05, 0) is 24.0 Å². The highest BCUT2D eigenvalue weighted by Gasteiger charge is 2.30. The van der Waals surface area contributed by atoms with E-state index < -0.39 is 0 Å². The predicted octanol–water partition coefficient (Wildman–Crippen LogP) is 2.61. The lowest BCUT2D eigenvalue weighted by Gasteiger charge is -2.35. The number of ether oxygens (including phenoxy) is 1. The van der Waals surface area contributed by atoms with Gasteiger partial charge in [0.2, 0.25) is 5.91 Å². The van der Waals surface area contributed by atoms with Gasteiger partial charge >= 0.3 is 0 Å². The first kappa shape index (κ1) is 21.5. The maximum absolute atomic E-state index is 12.8. The molecule has 0 saturated carbocycles. The predicted molar refractivity (Wildman–Crippen MR) is 119 cm³/mol. The zero-order valence-electron chi connectivity index (χ0n) is 17.9. The number of carbonyl (C=O) groups is 2. The van der Waals surface area contributed by atoms with Crippen LogP contribution in [-0.4, -0.2) is 67.0 Å². The van der Waals surface area contributed by atoms with Crippen LogP contribution in [0, 0.1) is 0 Å². The summed E-state index contributed by atoms with van der Waals surface area (Å²) < 4.78 is 5.53. The minimum atomic E-state index is -0.245. The summed E-state index contributed by atoms with van der Waals surface area (Å²) in [6.45, 7) is 4.40. The fourth-order valence-corrected chi connectivity index (χ4v) is 4.31. The lowest BCUT2D eigenvalue weighted by Crippen LogP contribution is -2.51. The second-order valence-electron chi connectivity index (χ2n) is 8.24. The van der Waals surface area contributed by atoms with Gasteiger partial charge < -0.3 is 15.0 Å². The molecule has 0 spiro atoms. The SMILES string of the molecule is O=C(CCN1CCN(C(=O)C2CCCO2)CC1)NC(c1ccccc1)c1ccccc1. The number of nitrogens with one attached hydrogen (secondary N) is 1. The Morgan fingerprint density at radius 1 is 0.935 bits per heavy atom. The van der Waals surface area contributed by atoms with Crippen LogP contribution >= 0.6 is 0 Å². The Labute approximate surface area is 184 Å². The van der Waals surface area contributed by atoms with Gasteiger partial charge in [0.05, 0.1) is 6.04 Å². The van der Waals surface area contributed by atoms with Crippen LogP contribution in [0.15, 0.2) is 60.7 Å². The number of piperazine rings is 1. The van der Waals surface area contributed by atoms with Gasteiger partial charge in [0.15, 0.2) is 0 Å². The fraction of sp³-hybridized carbons (Fsp3) is 0.440. The standard InChI is InChI=1S/C25H31N3O3/c29-23(26-24(20-8-3-1-4-9-20)21-10-5-2-6-11-21)13-14-27-15-17-28(18-16-27)25(30)22-12-7-19-31-22/h1-6,8-11,22,24H,7,12-19H2,(H,26,29). The Kier molecular flexibility index (Phi) is 7.33. The number of carbonyl (C=O) groups excluding carboxylic acids is 2. The van der Waals surface area contributed by atoms with Crippen molar-refractivity contribution in [2.75, 3.05) is 39.3 Å². The monoisotopic (exact) mass is 421 g/mol. The lowest BCUT2D eigenvalue weighted by atomic mass is 9.98. The molecule has 2 aromatic carbocycles. The Balaban J connectivity index is 1.27. The summed E-state index contributed by atoms with van der Waals surface area (Å²) in [7, 11) is 0. The molecule has 0 radical (unpaired) electrons. The Morgan fingerprint density at radius 2 is 1.55 bits per heavy atom. The molecule has 2 aliphatic heterocycles. The normalized spacial score (nSPS) is 19.5. The maximum atomic E-state index is 12.8. The summed E-state index contributed by atoms with van der Waals surface area (Å²) in [4.78, 5) is 29.4. The van der Waals surface area contributed by atoms with E-state index in [1.165, 1.54) is 0 Å². The van der Waals surface area contributed by atoms with E-state index in [0.29, 0.717) is 32.7 Å². The second-order valence-corrected chi connectivity index (χ2v) is 8.24. The molecule has 1 atom stereocenters. The first-order valence-electron chi connectivity index (χ1n) is 11.2. The van der Waals surface area contributed by atoms with Crippen molar-refractivity contribution in [2.45, 2.75) is 31.4 Å². The summed E-state index contributed by atoms with van der Waals surface area (Å²) in [5.41, 5.74) is 2.15. The van der Waals surface area contributed by atoms with Gasteiger partial charge in [-0.3, -0.25) is 14.5 Å². The van der Waals surface area contributed by atoms with E-state index >= 15 is 0 Å². The highest BCUT2D eigenvalue weighted by Crippen LogP contribution is 2.22. The van der Waals surface area contributed by atoms with Gasteiger partial charge in [-0.1, -0.05) is 60.7 Å². The molecule has 1 N–H and O–H groups in total. The number of rotatable bonds is 7. The van der Waals surface area contributed by atoms with Gasteiger partial charge in [0.1, 0.15) is 6.10 Å². The zero-order valence-corrected chi connectivity index (χ0v) is 17.9. The molecule has 0 aromatic heterocycles. The average molecular weight is 422 g/mol. The summed E-state index contributed by atoms with van der Waals surface area (Å²) in [5.74, 6) is 0.166. The number of hydrogen-bond donors (Lipinski definition) is 1. The number of amides is 2. The van der Waals surface area contributed by atoms with Crippen molar-refractivity contribution in [3.63, 3.8) is 0 Å². The third-order valence-electron chi connectivity index (χ3n) is 6.12. The molecule has 1 unspecified atom stereocenters. The molecule has 2 fully saturated rings. The van der Waals surface area contributed by atoms with Crippen molar-refractivity contribution in [3.8, 4) is 0 Å². The minimum absolute atomic E-state index is 0.0376. The minimum Gasteiger partial charge on any atom is -0.368 e. The van der Waals surface area contributed by atoms with Gasteiger partial charge in [-0.25, -0.2) is 0 Å². The first-order valence-corrected chi connectivity index (χ1v) is 11.2. The molecule has 0 bridgehead atoms. The molecule has 31 heavy (non-hydrogen) atoms. The van der Waals surface area contributed by atoms with Crippen LogP contribution in [0.3, 0.4) is 0 Å². The van der Waals surface area contributed by atoms with E-state index in [9.17, 15) is 9.59 Å². The van der Waals surface area contributed by atoms with E-state index in [1.54, 1.807) is 0 Å². The second kappa shape index (κ2) is 10.6. The van der Waals surface area contributed by atoms with Crippen LogP contribution in [-0.2, 0) is 14.3 Å². The number of benzene rings is 2. The van der Waals surface area contributed by atoms with E-state index in [-0.39, 0.29) is 24.0 Å². The highest BCUT2D eigenvalue weighted by molar-refractivity contribution is 5.81. The molecule has 0 aliphatic carbocycles. The van der Waals surface area contributed by atoms with Crippen LogP contribution in [0.1, 0.15) is 36.4 Å². The van der Waals surface area contributed by atoms with Crippen LogP contribution in [0.2, 0.25) is 0 Å². The van der Waals surface area contributed by atoms with Crippen molar-refractivity contribution in [1.82, 2.24) is 15.1 Å². The molecule has 164 valence electrons. The smallest absolute Gasteiger partial charge is 0.251 e. The molecule has 2 amide bonds. The Hall–Kier alpha value is -2.70. The van der Waals surface area contributed by atoms with Crippen molar-refractivity contribution in [3.05, 3.63) is 71.8 Å². The van der Waals surface area contributed by atoms with E-state index in [1.807, 2.05) is 65.6 Å². The van der Waals surface area contributed by atoms with E-state index in [0.717, 1.165) is 37.1 Å². The van der Waals surface area contributed by atoms with Crippen LogP contribution < -0.4 is 5.32 Å². The van der Waals surface area contributed by atoms with Crippen molar-refractivity contribution in [2.24, 2.45) is 0 Å². The molecular weight excluding hydrogens is 390 g/mol. The van der Waals surface area contributed by atoms with Gasteiger partial charge in [0, 0.05) is 45.8 Å². The Bertz CT molecular complexity index is 805. The lowest BCUT2D eigenvalue weighted by molar-refractivity contribution is -0.142. The van der Waals surface area contributed by atoms with Crippen LogP contribution in [0.5, 0.6) is 0 Å². The number of hydrogen-bond acceptors (Lipinski definition) is 4. The molecular formula is C25H31N3O3. The third-order valence-corrected chi connectivity index (χ3v) is 6.12. The molecule has 6 heteroatoms. The highest BCUT2D eigenvalue weighted by atomic mass is 16.5. The molecule has 2 aromatic rings. The topological polar surface area (TPSA) is 61.9 Å². The summed E-state index contributed by atoms with van der Waals surface area (Å²) in [6.07, 6.45) is 2.00. The average Bonchev–Trinajstić information content (AvgIpc) is 3.37. The van der Waals surface area contributed by atoms with Gasteiger partial charge in [0.25, 0.3) is 5.91 Å². The molecule has 2 aliphatic rings. The van der Waals surface area contributed by atoms with Crippen molar-refractivity contribution < 1.29 is 14.3 Å². The van der Waals surface area contributed by atoms with Crippen molar-refractivity contribution >= 4 is 11.8 Å². The van der Waals surface area contributed by atoms with Gasteiger partial charge in [-0.15, -0.1) is 0 Å². The van der Waals surface area contributed by atoms with Gasteiger partial charge in [-0.2, -0.15) is 0 Å². The molecule has 6 nitrogen and oxygen atoms in total. The molecule has 2 heterocycles. The quantitative estimate of drug-likeness (QED) is 0.747. The number of nitrogens with zero attached hydrogens (tertiary/aromatic N) is 2. The summed E-state index contributed by atoms with van der Waals surface area (Å²) >= 11 is 0. The summed E-state index contributed by atoms with van der Waals surface area (Å²) in [6, 6.07) is 20.0. The third kappa shape index (κ3) is 5.71. The van der Waals surface area contributed by atoms with E-state index in [2.05, 4.69) is 10.2 Å². The maximum Gasteiger partial charge on any atom is 0.251 e. The Morgan fingerprint density at radius 3 is 2.10 bits per heavy atom. The molecule has 4 rings (SSSR count). The summed E-state index contributed by atoms with van der Waals surface area (Å²) in [5, 5.41) is 3.21. The van der Waals surface area contributed by atoms with Crippen molar-refractivity contribution in [1.29, 1.82) is 0 Å². The van der Waals surface area contributed by atoms with Crippen LogP contribution in [0.4, 0.5) is 0 Å². The van der Waals surface area contributed by atoms with Crippen LogP contribution in [0.25, 0.3) is 0 Å². The largest absolute Gasteiger partial charge is 0.368 e. The fourth-order valence-electron chi connectivity index (χ4n) is 4.31. The first-order chi connectivity index (χ1) is 15.2. The van der Waals surface area contributed by atoms with E-state index in [4.69, 9.17) is 4.74 Å². The zero-order chi connectivity index (χ0) is 21.5.